The Bertz CT molecular complexity index is 705. The van der Waals surface area contributed by atoms with Crippen LogP contribution in [-0.4, -0.2) is 11.8 Å². The van der Waals surface area contributed by atoms with Gasteiger partial charge >= 0.3 is 0 Å². The quantitative estimate of drug-likeness (QED) is 0.823. The lowest BCUT2D eigenvalue weighted by atomic mass is 10.2. The minimum atomic E-state index is -0.538. The largest absolute Gasteiger partial charge is 0.326 e. The van der Waals surface area contributed by atoms with Crippen LogP contribution in [0.3, 0.4) is 0 Å². The Morgan fingerprint density at radius 3 is 2.27 bits per heavy atom. The first kappa shape index (κ1) is 16.3. The fourth-order valence-corrected chi connectivity index (χ4v) is 2.03. The van der Waals surface area contributed by atoms with Crippen molar-refractivity contribution in [3.8, 4) is 0 Å². The van der Waals surface area contributed by atoms with Gasteiger partial charge in [0, 0.05) is 5.69 Å². The lowest BCUT2D eigenvalue weighted by Crippen LogP contribution is -2.21. The molecule has 2 N–H and O–H groups in total. The van der Waals surface area contributed by atoms with E-state index in [0.29, 0.717) is 16.4 Å². The molecule has 2 rings (SSSR count). The molecule has 2 aromatic rings. The molecule has 0 atom stereocenters. The van der Waals surface area contributed by atoms with Crippen molar-refractivity contribution in [2.45, 2.75) is 6.42 Å². The van der Waals surface area contributed by atoms with E-state index >= 15 is 0 Å². The van der Waals surface area contributed by atoms with Crippen molar-refractivity contribution in [1.29, 1.82) is 0 Å². The normalized spacial score (nSPS) is 10.1. The Morgan fingerprint density at radius 2 is 1.59 bits per heavy atom. The Labute approximate surface area is 136 Å². The maximum absolute atomic E-state index is 12.7. The molecule has 114 valence electrons. The summed E-state index contributed by atoms with van der Waals surface area (Å²) in [6.07, 6.45) is -0.403. The van der Waals surface area contributed by atoms with Crippen molar-refractivity contribution in [2.24, 2.45) is 0 Å². The van der Waals surface area contributed by atoms with Gasteiger partial charge in [0.05, 0.1) is 15.7 Å². The zero-order valence-electron chi connectivity index (χ0n) is 11.2. The topological polar surface area (TPSA) is 58.2 Å². The fourth-order valence-electron chi connectivity index (χ4n) is 1.68. The van der Waals surface area contributed by atoms with Gasteiger partial charge in [0.1, 0.15) is 12.2 Å². The Morgan fingerprint density at radius 1 is 0.955 bits per heavy atom. The Hall–Kier alpha value is -2.11. The number of halogens is 3. The van der Waals surface area contributed by atoms with Crippen LogP contribution in [0.15, 0.2) is 42.5 Å². The Balaban J connectivity index is 1.92. The van der Waals surface area contributed by atoms with Crippen LogP contribution in [-0.2, 0) is 9.59 Å². The van der Waals surface area contributed by atoms with Crippen molar-refractivity contribution < 1.29 is 14.0 Å². The molecule has 22 heavy (non-hydrogen) atoms. The van der Waals surface area contributed by atoms with E-state index in [4.69, 9.17) is 23.2 Å². The van der Waals surface area contributed by atoms with Crippen LogP contribution in [0, 0.1) is 5.82 Å². The van der Waals surface area contributed by atoms with E-state index in [9.17, 15) is 14.0 Å². The minimum absolute atomic E-state index is 0.205. The van der Waals surface area contributed by atoms with E-state index in [-0.39, 0.29) is 5.02 Å². The molecule has 2 amide bonds. The number of benzene rings is 2. The number of anilines is 2. The molecule has 0 spiro atoms. The number of hydrogen-bond donors (Lipinski definition) is 2. The van der Waals surface area contributed by atoms with Gasteiger partial charge in [-0.1, -0.05) is 29.3 Å². The summed E-state index contributed by atoms with van der Waals surface area (Å²) in [5.41, 5.74) is 0.730. The molecular formula is C15H11Cl2FN2O2. The highest BCUT2D eigenvalue weighted by Crippen LogP contribution is 2.29. The van der Waals surface area contributed by atoms with Gasteiger partial charge in [-0.05, 0) is 36.4 Å². The van der Waals surface area contributed by atoms with Crippen LogP contribution in [0.4, 0.5) is 15.8 Å². The minimum Gasteiger partial charge on any atom is -0.326 e. The molecule has 0 saturated carbocycles. The molecule has 0 bridgehead atoms. The van der Waals surface area contributed by atoms with Gasteiger partial charge in [-0.3, -0.25) is 9.59 Å². The summed E-state index contributed by atoms with van der Waals surface area (Å²) in [6.45, 7) is 0. The maximum Gasteiger partial charge on any atom is 0.233 e. The molecule has 2 aromatic carbocycles. The third kappa shape index (κ3) is 4.44. The molecule has 4 nitrogen and oxygen atoms in total. The molecule has 7 heteroatoms. The van der Waals surface area contributed by atoms with Crippen LogP contribution in [0.1, 0.15) is 6.42 Å². The number of rotatable bonds is 4. The molecule has 0 aliphatic rings. The third-order valence-electron chi connectivity index (χ3n) is 2.67. The van der Waals surface area contributed by atoms with E-state index in [0.717, 1.165) is 0 Å². The smallest absolute Gasteiger partial charge is 0.233 e. The molecule has 0 aliphatic heterocycles. The lowest BCUT2D eigenvalue weighted by Gasteiger charge is -2.08. The van der Waals surface area contributed by atoms with Crippen LogP contribution in [0.2, 0.25) is 10.0 Å². The van der Waals surface area contributed by atoms with Crippen molar-refractivity contribution in [3.05, 3.63) is 58.3 Å². The second-order valence-electron chi connectivity index (χ2n) is 4.38. The van der Waals surface area contributed by atoms with Crippen molar-refractivity contribution >= 4 is 46.4 Å². The van der Waals surface area contributed by atoms with Crippen molar-refractivity contribution in [2.75, 3.05) is 10.6 Å². The summed E-state index contributed by atoms with van der Waals surface area (Å²) in [5, 5.41) is 5.49. The molecule has 0 aromatic heterocycles. The predicted molar refractivity (Wildman–Crippen MR) is 84.7 cm³/mol. The van der Waals surface area contributed by atoms with Crippen LogP contribution >= 0.6 is 23.2 Å². The van der Waals surface area contributed by atoms with Crippen LogP contribution in [0.25, 0.3) is 0 Å². The molecule has 0 radical (unpaired) electrons. The first-order valence-electron chi connectivity index (χ1n) is 6.25. The van der Waals surface area contributed by atoms with E-state index in [1.807, 2.05) is 0 Å². The van der Waals surface area contributed by atoms with Gasteiger partial charge in [0.15, 0.2) is 0 Å². The average Bonchev–Trinajstić information content (AvgIpc) is 2.46. The summed E-state index contributed by atoms with van der Waals surface area (Å²) in [7, 11) is 0. The predicted octanol–water partition coefficient (Wildman–Crippen LogP) is 4.10. The number of amides is 2. The summed E-state index contributed by atoms with van der Waals surface area (Å²) in [6, 6.07) is 10.0. The molecular weight excluding hydrogens is 330 g/mol. The van der Waals surface area contributed by atoms with E-state index < -0.39 is 24.1 Å². The second-order valence-corrected chi connectivity index (χ2v) is 5.17. The highest BCUT2D eigenvalue weighted by atomic mass is 35.5. The fraction of sp³-hybridized carbons (Fsp3) is 0.0667. The van der Waals surface area contributed by atoms with E-state index in [1.54, 1.807) is 18.2 Å². The van der Waals surface area contributed by atoms with Gasteiger partial charge in [0.25, 0.3) is 0 Å². The molecule has 0 heterocycles. The zero-order valence-corrected chi connectivity index (χ0v) is 12.7. The standard InChI is InChI=1S/C15H11Cl2FN2O2/c16-11-2-1-3-12(15(11)17)20-14(22)8-13(21)19-10-6-4-9(18)5-7-10/h1-7H,8H2,(H,19,21)(H,20,22). The van der Waals surface area contributed by atoms with Crippen molar-refractivity contribution in [1.82, 2.24) is 0 Å². The summed E-state index contributed by atoms with van der Waals surface area (Å²) in [5.74, 6) is -1.47. The van der Waals surface area contributed by atoms with Gasteiger partial charge in [-0.25, -0.2) is 4.39 Å². The molecule has 0 fully saturated rings. The van der Waals surface area contributed by atoms with Crippen LogP contribution < -0.4 is 10.6 Å². The highest BCUT2D eigenvalue weighted by molar-refractivity contribution is 6.44. The maximum atomic E-state index is 12.7. The average molecular weight is 341 g/mol. The van der Waals surface area contributed by atoms with E-state index in [2.05, 4.69) is 10.6 Å². The number of hydrogen-bond acceptors (Lipinski definition) is 2. The summed E-state index contributed by atoms with van der Waals surface area (Å²) in [4.78, 5) is 23.5. The monoisotopic (exact) mass is 340 g/mol. The van der Waals surface area contributed by atoms with Gasteiger partial charge in [-0.2, -0.15) is 0 Å². The second kappa shape index (κ2) is 7.24. The molecule has 0 unspecified atom stereocenters. The Kier molecular flexibility index (Phi) is 5.35. The van der Waals surface area contributed by atoms with Gasteiger partial charge in [-0.15, -0.1) is 0 Å². The third-order valence-corrected chi connectivity index (χ3v) is 3.49. The van der Waals surface area contributed by atoms with E-state index in [1.165, 1.54) is 24.3 Å². The number of nitrogens with one attached hydrogen (secondary N) is 2. The number of carbonyl (C=O) groups excluding carboxylic acids is 2. The van der Waals surface area contributed by atoms with Gasteiger partial charge < -0.3 is 10.6 Å². The summed E-state index contributed by atoms with van der Waals surface area (Å²) >= 11 is 11.8. The molecule has 0 aliphatic carbocycles. The first-order chi connectivity index (χ1) is 10.5. The van der Waals surface area contributed by atoms with Crippen LogP contribution in [0.5, 0.6) is 0 Å². The number of carbonyl (C=O) groups is 2. The van der Waals surface area contributed by atoms with Gasteiger partial charge in [0.2, 0.25) is 11.8 Å². The molecule has 0 saturated heterocycles. The highest BCUT2D eigenvalue weighted by Gasteiger charge is 2.12. The SMILES string of the molecule is O=C(CC(=O)Nc1cccc(Cl)c1Cl)Nc1ccc(F)cc1. The lowest BCUT2D eigenvalue weighted by molar-refractivity contribution is -0.123. The van der Waals surface area contributed by atoms with Crippen molar-refractivity contribution in [3.63, 3.8) is 0 Å². The zero-order chi connectivity index (χ0) is 16.1. The first-order valence-corrected chi connectivity index (χ1v) is 7.00. The summed E-state index contributed by atoms with van der Waals surface area (Å²) < 4.78 is 12.7.